The number of benzene rings is 2. The lowest BCUT2D eigenvalue weighted by Gasteiger charge is -2.08. The van der Waals surface area contributed by atoms with Crippen LogP contribution in [-0.4, -0.2) is 19.7 Å². The Labute approximate surface area is 181 Å². The quantitative estimate of drug-likeness (QED) is 0.347. The molecule has 31 heavy (non-hydrogen) atoms. The minimum absolute atomic E-state index is 0.0324. The van der Waals surface area contributed by atoms with Crippen LogP contribution < -0.4 is 0 Å². The van der Waals surface area contributed by atoms with Crippen LogP contribution in [0, 0.1) is 18.6 Å². The van der Waals surface area contributed by atoms with Gasteiger partial charge in [0.05, 0.1) is 17.8 Å². The summed E-state index contributed by atoms with van der Waals surface area (Å²) in [6.07, 6.45) is 3.69. The SMILES string of the molecule is Cc1cn(Cc2cc(-c3ccc(Cl)cc3)no2)cc2nc(-c3cccc(F)c3F)nc1-2. The third kappa shape index (κ3) is 3.68. The van der Waals surface area contributed by atoms with Gasteiger partial charge in [-0.1, -0.05) is 35.0 Å². The lowest BCUT2D eigenvalue weighted by molar-refractivity contribution is 0.378. The molecule has 0 atom stereocenters. The molecule has 0 N–H and O–H groups in total. The van der Waals surface area contributed by atoms with Gasteiger partial charge in [-0.25, -0.2) is 18.7 Å². The Bertz CT molecular complexity index is 1360. The van der Waals surface area contributed by atoms with Crippen LogP contribution in [0.5, 0.6) is 0 Å². The molecule has 0 unspecified atom stereocenters. The Morgan fingerprint density at radius 1 is 1.00 bits per heavy atom. The van der Waals surface area contributed by atoms with Gasteiger partial charge in [0.1, 0.15) is 11.4 Å². The monoisotopic (exact) mass is 436 g/mol. The topological polar surface area (TPSA) is 56.7 Å². The summed E-state index contributed by atoms with van der Waals surface area (Å²) in [5, 5.41) is 4.78. The van der Waals surface area contributed by atoms with E-state index < -0.39 is 11.6 Å². The van der Waals surface area contributed by atoms with Crippen LogP contribution in [0.2, 0.25) is 5.02 Å². The fourth-order valence-electron chi connectivity index (χ4n) is 3.45. The van der Waals surface area contributed by atoms with E-state index in [0.717, 1.165) is 17.2 Å². The van der Waals surface area contributed by atoms with E-state index in [2.05, 4.69) is 15.1 Å². The van der Waals surface area contributed by atoms with E-state index in [1.807, 2.05) is 35.9 Å². The van der Waals surface area contributed by atoms with Crippen molar-refractivity contribution in [2.75, 3.05) is 0 Å². The summed E-state index contributed by atoms with van der Waals surface area (Å²) < 4.78 is 35.1. The number of fused-ring (bicyclic) bond motifs is 1. The maximum Gasteiger partial charge on any atom is 0.169 e. The van der Waals surface area contributed by atoms with Gasteiger partial charge in [-0.3, -0.25) is 0 Å². The molecule has 5 nitrogen and oxygen atoms in total. The zero-order valence-electron chi connectivity index (χ0n) is 16.3. The molecule has 0 aliphatic carbocycles. The standard InChI is InChI=1S/C23H15ClF2N4O/c1-13-10-30(11-16-9-19(29-31-16)14-5-7-15(24)8-6-14)12-20-22(13)28-23(27-20)17-3-2-4-18(25)21(17)26/h2-10,12H,11H2,1H3. The molecule has 0 bridgehead atoms. The minimum Gasteiger partial charge on any atom is -0.359 e. The first-order chi connectivity index (χ1) is 15.0. The van der Waals surface area contributed by atoms with Gasteiger partial charge in [-0.05, 0) is 36.8 Å². The molecule has 3 heterocycles. The van der Waals surface area contributed by atoms with E-state index in [1.54, 1.807) is 18.3 Å². The lowest BCUT2D eigenvalue weighted by Crippen LogP contribution is -2.02. The summed E-state index contributed by atoms with van der Waals surface area (Å²) in [4.78, 5) is 8.82. The zero-order valence-corrected chi connectivity index (χ0v) is 17.1. The van der Waals surface area contributed by atoms with Crippen LogP contribution in [-0.2, 0) is 6.54 Å². The molecule has 154 valence electrons. The first kappa shape index (κ1) is 19.4. The van der Waals surface area contributed by atoms with Crippen LogP contribution >= 0.6 is 11.6 Å². The Hall–Kier alpha value is -3.58. The summed E-state index contributed by atoms with van der Waals surface area (Å²) in [6, 6.07) is 13.2. The third-order valence-corrected chi connectivity index (χ3v) is 5.19. The molecule has 2 aliphatic heterocycles. The number of pyridine rings is 1. The van der Waals surface area contributed by atoms with E-state index in [0.29, 0.717) is 34.4 Å². The van der Waals surface area contributed by atoms with Crippen molar-refractivity contribution in [2.24, 2.45) is 0 Å². The second kappa shape index (κ2) is 7.59. The maximum absolute atomic E-state index is 14.2. The Balaban J connectivity index is 1.46. The highest BCUT2D eigenvalue weighted by atomic mass is 35.5. The molecule has 0 radical (unpaired) electrons. The number of hydrogen-bond acceptors (Lipinski definition) is 4. The zero-order chi connectivity index (χ0) is 21.5. The van der Waals surface area contributed by atoms with E-state index in [-0.39, 0.29) is 11.4 Å². The van der Waals surface area contributed by atoms with Gasteiger partial charge in [0.25, 0.3) is 0 Å². The first-order valence-corrected chi connectivity index (χ1v) is 9.86. The molecule has 2 aliphatic rings. The molecule has 0 fully saturated rings. The molecule has 1 aromatic heterocycles. The van der Waals surface area contributed by atoms with Gasteiger partial charge in [0.15, 0.2) is 23.2 Å². The summed E-state index contributed by atoms with van der Waals surface area (Å²) in [5.74, 6) is -1.08. The van der Waals surface area contributed by atoms with Crippen molar-refractivity contribution in [1.29, 1.82) is 0 Å². The van der Waals surface area contributed by atoms with E-state index in [9.17, 15) is 8.78 Å². The predicted octanol–water partition coefficient (Wildman–Crippen LogP) is 5.99. The summed E-state index contributed by atoms with van der Waals surface area (Å²) in [7, 11) is 0. The van der Waals surface area contributed by atoms with Gasteiger partial charge < -0.3 is 9.09 Å². The molecule has 8 heteroatoms. The fourth-order valence-corrected chi connectivity index (χ4v) is 3.58. The highest BCUT2D eigenvalue weighted by Crippen LogP contribution is 2.30. The average Bonchev–Trinajstić information content (AvgIpc) is 3.38. The lowest BCUT2D eigenvalue weighted by atomic mass is 10.1. The predicted molar refractivity (Wildman–Crippen MR) is 113 cm³/mol. The maximum atomic E-state index is 14.2. The molecule has 2 aromatic carbocycles. The van der Waals surface area contributed by atoms with Crippen LogP contribution in [0.1, 0.15) is 11.3 Å². The molecule has 5 rings (SSSR count). The van der Waals surface area contributed by atoms with E-state index in [1.165, 1.54) is 12.1 Å². The van der Waals surface area contributed by atoms with Gasteiger partial charge in [0, 0.05) is 29.0 Å². The van der Waals surface area contributed by atoms with Gasteiger partial charge in [-0.2, -0.15) is 0 Å². The Morgan fingerprint density at radius 3 is 2.61 bits per heavy atom. The summed E-state index contributed by atoms with van der Waals surface area (Å²) >= 11 is 5.93. The van der Waals surface area contributed by atoms with Crippen molar-refractivity contribution < 1.29 is 13.3 Å². The van der Waals surface area contributed by atoms with Gasteiger partial charge in [-0.15, -0.1) is 0 Å². The Morgan fingerprint density at radius 2 is 1.81 bits per heavy atom. The van der Waals surface area contributed by atoms with Crippen molar-refractivity contribution in [2.45, 2.75) is 13.5 Å². The number of halogens is 3. The number of aryl methyl sites for hydroxylation is 1. The van der Waals surface area contributed by atoms with Gasteiger partial charge >= 0.3 is 0 Å². The van der Waals surface area contributed by atoms with Crippen molar-refractivity contribution in [3.05, 3.63) is 88.9 Å². The number of hydrogen-bond donors (Lipinski definition) is 0. The largest absolute Gasteiger partial charge is 0.359 e. The van der Waals surface area contributed by atoms with E-state index >= 15 is 0 Å². The second-order valence-corrected chi connectivity index (χ2v) is 7.62. The molecule has 0 saturated carbocycles. The highest BCUT2D eigenvalue weighted by Gasteiger charge is 2.19. The van der Waals surface area contributed by atoms with Crippen LogP contribution in [0.3, 0.4) is 0 Å². The molecular weight excluding hydrogens is 422 g/mol. The number of nitrogens with zero attached hydrogens (tertiary/aromatic N) is 4. The van der Waals surface area contributed by atoms with Crippen molar-refractivity contribution >= 4 is 11.6 Å². The molecule has 0 amide bonds. The third-order valence-electron chi connectivity index (χ3n) is 4.94. The number of aromatic nitrogens is 4. The minimum atomic E-state index is -0.959. The summed E-state index contributed by atoms with van der Waals surface area (Å²) in [5.41, 5.74) is 3.71. The summed E-state index contributed by atoms with van der Waals surface area (Å²) in [6.45, 7) is 2.31. The molecule has 0 spiro atoms. The van der Waals surface area contributed by atoms with Crippen molar-refractivity contribution in [3.63, 3.8) is 0 Å². The smallest absolute Gasteiger partial charge is 0.169 e. The number of imidazole rings is 1. The molecule has 3 aromatic rings. The first-order valence-electron chi connectivity index (χ1n) is 9.48. The van der Waals surface area contributed by atoms with Crippen LogP contribution in [0.15, 0.2) is 65.4 Å². The normalized spacial score (nSPS) is 11.4. The number of rotatable bonds is 4. The van der Waals surface area contributed by atoms with Crippen molar-refractivity contribution in [3.8, 4) is 34.0 Å². The molecule has 0 saturated heterocycles. The van der Waals surface area contributed by atoms with Gasteiger partial charge in [0.2, 0.25) is 0 Å². The van der Waals surface area contributed by atoms with Crippen LogP contribution in [0.25, 0.3) is 34.0 Å². The fraction of sp³-hybridized carbons (Fsp3) is 0.0870. The Kier molecular flexibility index (Phi) is 4.75. The van der Waals surface area contributed by atoms with Crippen LogP contribution in [0.4, 0.5) is 8.78 Å². The van der Waals surface area contributed by atoms with Crippen molar-refractivity contribution in [1.82, 2.24) is 19.7 Å². The molecular formula is C23H15ClF2N4O. The van der Waals surface area contributed by atoms with E-state index in [4.69, 9.17) is 16.1 Å². The highest BCUT2D eigenvalue weighted by molar-refractivity contribution is 6.30. The average molecular weight is 437 g/mol. The second-order valence-electron chi connectivity index (χ2n) is 7.18.